The number of hydrogen-bond donors (Lipinski definition) is 1. The first-order valence-electron chi connectivity index (χ1n) is 8.42. The normalized spacial score (nSPS) is 11.0. The van der Waals surface area contributed by atoms with Gasteiger partial charge in [-0.05, 0) is 62.4 Å². The first-order chi connectivity index (χ1) is 13.0. The maximum atomic E-state index is 12.2. The minimum atomic E-state index is -0.295. The molecule has 0 unspecified atom stereocenters. The van der Waals surface area contributed by atoms with Crippen LogP contribution < -0.4 is 10.2 Å². The number of nitrogens with one attached hydrogen (secondary N) is 1. The zero-order chi connectivity index (χ0) is 19.4. The number of methoxy groups -OCH3 is 1. The average molecular weight is 382 g/mol. The molecule has 0 saturated carbocycles. The lowest BCUT2D eigenvalue weighted by Gasteiger charge is -2.09. The Hall–Kier alpha value is -3.05. The summed E-state index contributed by atoms with van der Waals surface area (Å²) in [6.07, 6.45) is 1.65. The van der Waals surface area contributed by atoms with Crippen LogP contribution in [0.2, 0.25) is 5.02 Å². The number of rotatable bonds is 5. The van der Waals surface area contributed by atoms with Crippen LogP contribution in [0.1, 0.15) is 27.3 Å². The highest BCUT2D eigenvalue weighted by Gasteiger charge is 2.10. The number of aryl methyl sites for hydroxylation is 1. The molecule has 0 aliphatic rings. The van der Waals surface area contributed by atoms with E-state index in [-0.39, 0.29) is 5.91 Å². The van der Waals surface area contributed by atoms with Gasteiger partial charge in [-0.15, -0.1) is 0 Å². The summed E-state index contributed by atoms with van der Waals surface area (Å²) in [7, 11) is 1.56. The van der Waals surface area contributed by atoms with E-state index in [1.54, 1.807) is 37.6 Å². The Labute approximate surface area is 163 Å². The Bertz CT molecular complexity index is 991. The molecule has 0 fully saturated rings. The fourth-order valence-corrected chi connectivity index (χ4v) is 3.02. The van der Waals surface area contributed by atoms with Crippen molar-refractivity contribution < 1.29 is 9.53 Å². The molecular weight excluding hydrogens is 362 g/mol. The predicted octanol–water partition coefficient (Wildman–Crippen LogP) is 4.52. The summed E-state index contributed by atoms with van der Waals surface area (Å²) in [4.78, 5) is 12.2. The predicted molar refractivity (Wildman–Crippen MR) is 108 cm³/mol. The summed E-state index contributed by atoms with van der Waals surface area (Å²) >= 11 is 5.97. The van der Waals surface area contributed by atoms with Crippen molar-refractivity contribution >= 4 is 23.7 Å². The number of aromatic nitrogens is 1. The van der Waals surface area contributed by atoms with Gasteiger partial charge in [0.25, 0.3) is 5.91 Å². The fourth-order valence-electron chi connectivity index (χ4n) is 2.90. The van der Waals surface area contributed by atoms with E-state index in [9.17, 15) is 4.79 Å². The number of hydrogen-bond acceptors (Lipinski definition) is 3. The van der Waals surface area contributed by atoms with E-state index in [1.165, 1.54) is 0 Å². The zero-order valence-electron chi connectivity index (χ0n) is 15.4. The summed E-state index contributed by atoms with van der Waals surface area (Å²) in [5.74, 6) is 0.329. The van der Waals surface area contributed by atoms with Crippen LogP contribution in [0, 0.1) is 13.8 Å². The molecule has 0 bridgehead atoms. The van der Waals surface area contributed by atoms with Gasteiger partial charge in [0, 0.05) is 33.2 Å². The standard InChI is InChI=1S/C21H20ClN3O2/c1-14-11-17(15(2)25(14)19-9-7-18(22)8-10-19)13-23-24-21(26)16-5-4-6-20(12-16)27-3/h4-13H,1-3H3,(H,24,26)/b23-13-. The van der Waals surface area contributed by atoms with Gasteiger partial charge in [0.1, 0.15) is 5.75 Å². The van der Waals surface area contributed by atoms with Crippen LogP contribution in [0.4, 0.5) is 0 Å². The highest BCUT2D eigenvalue weighted by Crippen LogP contribution is 2.21. The second-order valence-corrected chi connectivity index (χ2v) is 6.51. The van der Waals surface area contributed by atoms with E-state index in [0.717, 1.165) is 22.6 Å². The second-order valence-electron chi connectivity index (χ2n) is 6.07. The highest BCUT2D eigenvalue weighted by atomic mass is 35.5. The third-order valence-corrected chi connectivity index (χ3v) is 4.51. The molecule has 0 aliphatic heterocycles. The summed E-state index contributed by atoms with van der Waals surface area (Å²) in [6.45, 7) is 4.03. The molecule has 27 heavy (non-hydrogen) atoms. The molecule has 2 aromatic carbocycles. The van der Waals surface area contributed by atoms with Crippen LogP contribution in [0.15, 0.2) is 59.7 Å². The lowest BCUT2D eigenvalue weighted by molar-refractivity contribution is 0.0955. The molecule has 0 radical (unpaired) electrons. The van der Waals surface area contributed by atoms with Gasteiger partial charge >= 0.3 is 0 Å². The van der Waals surface area contributed by atoms with Gasteiger partial charge in [0.05, 0.1) is 13.3 Å². The van der Waals surface area contributed by atoms with Gasteiger partial charge < -0.3 is 9.30 Å². The van der Waals surface area contributed by atoms with Crippen molar-refractivity contribution in [2.45, 2.75) is 13.8 Å². The van der Waals surface area contributed by atoms with Crippen LogP contribution in [0.5, 0.6) is 5.75 Å². The molecule has 1 aromatic heterocycles. The number of carbonyl (C=O) groups excluding carboxylic acids is 1. The number of halogens is 1. The van der Waals surface area contributed by atoms with E-state index in [2.05, 4.69) is 15.1 Å². The van der Waals surface area contributed by atoms with Crippen molar-refractivity contribution in [3.05, 3.63) is 82.1 Å². The van der Waals surface area contributed by atoms with E-state index in [4.69, 9.17) is 16.3 Å². The van der Waals surface area contributed by atoms with Gasteiger partial charge in [0.2, 0.25) is 0 Å². The molecule has 138 valence electrons. The molecule has 0 saturated heterocycles. The van der Waals surface area contributed by atoms with Crippen molar-refractivity contribution in [1.29, 1.82) is 0 Å². The Morgan fingerprint density at radius 1 is 1.15 bits per heavy atom. The van der Waals surface area contributed by atoms with Gasteiger partial charge in [-0.3, -0.25) is 4.79 Å². The molecular formula is C21H20ClN3O2. The van der Waals surface area contributed by atoms with E-state index < -0.39 is 0 Å². The quantitative estimate of drug-likeness (QED) is 0.521. The minimum Gasteiger partial charge on any atom is -0.497 e. The molecule has 0 spiro atoms. The average Bonchev–Trinajstić information content (AvgIpc) is 2.96. The van der Waals surface area contributed by atoms with Gasteiger partial charge in [-0.25, -0.2) is 5.43 Å². The zero-order valence-corrected chi connectivity index (χ0v) is 16.1. The molecule has 0 aliphatic carbocycles. The highest BCUT2D eigenvalue weighted by molar-refractivity contribution is 6.30. The summed E-state index contributed by atoms with van der Waals surface area (Å²) in [6, 6.07) is 16.6. The molecule has 6 heteroatoms. The van der Waals surface area contributed by atoms with E-state index in [0.29, 0.717) is 16.3 Å². The van der Waals surface area contributed by atoms with Crippen molar-refractivity contribution in [2.75, 3.05) is 7.11 Å². The maximum Gasteiger partial charge on any atom is 0.271 e. The maximum absolute atomic E-state index is 12.2. The Morgan fingerprint density at radius 2 is 1.89 bits per heavy atom. The second kappa shape index (κ2) is 8.10. The molecule has 1 heterocycles. The van der Waals surface area contributed by atoms with Crippen LogP contribution in [0.3, 0.4) is 0 Å². The smallest absolute Gasteiger partial charge is 0.271 e. The molecule has 0 atom stereocenters. The number of benzene rings is 2. The van der Waals surface area contributed by atoms with E-state index >= 15 is 0 Å². The molecule has 1 N–H and O–H groups in total. The molecule has 3 aromatic rings. The summed E-state index contributed by atoms with van der Waals surface area (Å²) < 4.78 is 7.24. The number of hydrazone groups is 1. The Morgan fingerprint density at radius 3 is 2.59 bits per heavy atom. The molecule has 1 amide bonds. The van der Waals surface area contributed by atoms with Crippen LogP contribution in [-0.2, 0) is 0 Å². The SMILES string of the molecule is COc1cccc(C(=O)N/N=C\c2cc(C)n(-c3ccc(Cl)cc3)c2C)c1. The van der Waals surface area contributed by atoms with Crippen LogP contribution in [0.25, 0.3) is 5.69 Å². The van der Waals surface area contributed by atoms with Gasteiger partial charge in [0.15, 0.2) is 0 Å². The van der Waals surface area contributed by atoms with Crippen LogP contribution in [-0.4, -0.2) is 23.8 Å². The Balaban J connectivity index is 1.77. The van der Waals surface area contributed by atoms with Crippen molar-refractivity contribution in [3.8, 4) is 11.4 Å². The van der Waals surface area contributed by atoms with Gasteiger partial charge in [-0.2, -0.15) is 5.10 Å². The molecule has 3 rings (SSSR count). The van der Waals surface area contributed by atoms with Crippen molar-refractivity contribution in [2.24, 2.45) is 5.10 Å². The number of amides is 1. The van der Waals surface area contributed by atoms with Crippen molar-refractivity contribution in [1.82, 2.24) is 9.99 Å². The monoisotopic (exact) mass is 381 g/mol. The number of carbonyl (C=O) groups is 1. The van der Waals surface area contributed by atoms with Crippen molar-refractivity contribution in [3.63, 3.8) is 0 Å². The largest absolute Gasteiger partial charge is 0.497 e. The van der Waals surface area contributed by atoms with Gasteiger partial charge in [-0.1, -0.05) is 17.7 Å². The summed E-state index contributed by atoms with van der Waals surface area (Å²) in [5, 5.41) is 4.79. The minimum absolute atomic E-state index is 0.295. The third kappa shape index (κ3) is 4.20. The lowest BCUT2D eigenvalue weighted by Crippen LogP contribution is -2.17. The first kappa shape index (κ1) is 18.7. The third-order valence-electron chi connectivity index (χ3n) is 4.26. The molecule has 5 nitrogen and oxygen atoms in total. The summed E-state index contributed by atoms with van der Waals surface area (Å²) in [5.41, 5.74) is 7.07. The first-order valence-corrected chi connectivity index (χ1v) is 8.79. The Kier molecular flexibility index (Phi) is 5.62. The number of ether oxygens (including phenoxy) is 1. The number of nitrogens with zero attached hydrogens (tertiary/aromatic N) is 2. The topological polar surface area (TPSA) is 55.6 Å². The van der Waals surface area contributed by atoms with Crippen LogP contribution >= 0.6 is 11.6 Å². The fraction of sp³-hybridized carbons (Fsp3) is 0.143. The van der Waals surface area contributed by atoms with E-state index in [1.807, 2.05) is 44.2 Å². The lowest BCUT2D eigenvalue weighted by atomic mass is 10.2.